The Morgan fingerprint density at radius 2 is 1.07 bits per heavy atom. The number of aromatic carboxylic acids is 1. The van der Waals surface area contributed by atoms with Crippen molar-refractivity contribution in [3.05, 3.63) is 89.2 Å². The van der Waals surface area contributed by atoms with E-state index in [2.05, 4.69) is 50.0 Å². The molecule has 0 atom stereocenters. The summed E-state index contributed by atoms with van der Waals surface area (Å²) in [6, 6.07) is 3.84. The van der Waals surface area contributed by atoms with Gasteiger partial charge in [-0.3, -0.25) is 4.79 Å². The van der Waals surface area contributed by atoms with Gasteiger partial charge < -0.3 is 61.4 Å². The van der Waals surface area contributed by atoms with E-state index in [-0.39, 0.29) is 157 Å². The van der Waals surface area contributed by atoms with Crippen LogP contribution in [0.1, 0.15) is 162 Å². The molecule has 0 bridgehead atoms. The van der Waals surface area contributed by atoms with Crippen molar-refractivity contribution in [2.45, 2.75) is 174 Å². The fraction of sp³-hybridized carbons (Fsp3) is 0.627. The summed E-state index contributed by atoms with van der Waals surface area (Å²) in [4.78, 5) is 54.3. The average molecular weight is 1280 g/mol. The second kappa shape index (κ2) is 32.6. The van der Waals surface area contributed by atoms with E-state index in [1.165, 1.54) is 12.7 Å². The molecule has 0 radical (unpaired) electrons. The van der Waals surface area contributed by atoms with Gasteiger partial charge in [-0.15, -0.1) is 0 Å². The molecule has 5 saturated carbocycles. The number of aliphatic hydroxyl groups excluding tert-OH is 1. The third kappa shape index (κ3) is 20.3. The molecule has 89 heavy (non-hydrogen) atoms. The first-order chi connectivity index (χ1) is 40.8. The third-order valence-corrected chi connectivity index (χ3v) is 16.0. The molecule has 5 aliphatic carbocycles. The molecule has 0 amide bonds. The number of nitrogens with zero attached hydrogens (tertiary/aromatic N) is 10. The van der Waals surface area contributed by atoms with Gasteiger partial charge in [0.05, 0.1) is 23.9 Å². The second-order valence-electron chi connectivity index (χ2n) is 22.9. The van der Waals surface area contributed by atoms with E-state index in [1.54, 1.807) is 6.20 Å². The smallest absolute Gasteiger partial charge is 0.512 e. The van der Waals surface area contributed by atoms with Crippen LogP contribution in [0.15, 0.2) is 46.2 Å². The molecule has 0 saturated heterocycles. The minimum Gasteiger partial charge on any atom is -0.512 e. The molecule has 30 heteroatoms. The van der Waals surface area contributed by atoms with E-state index in [9.17, 15) is 53.5 Å². The maximum Gasteiger partial charge on any atom is 1.00 e. The molecule has 13 rings (SSSR count). The van der Waals surface area contributed by atoms with Gasteiger partial charge in [0.15, 0.2) is 17.2 Å². The van der Waals surface area contributed by atoms with Crippen molar-refractivity contribution < 1.29 is 102 Å². The number of fused-ring (bicyclic) bond motifs is 4. The van der Waals surface area contributed by atoms with E-state index in [0.29, 0.717) is 87.8 Å². The number of anilines is 2. The number of nitrogens with two attached hydrogens (primary N) is 1. The number of alkyl halides is 10. The molecule has 2 aliphatic heterocycles. The van der Waals surface area contributed by atoms with Gasteiger partial charge in [-0.2, -0.15) is 0 Å². The zero-order valence-electron chi connectivity index (χ0n) is 48.2. The van der Waals surface area contributed by atoms with Gasteiger partial charge in [0, 0.05) is 133 Å². The third-order valence-electron chi connectivity index (χ3n) is 16.0. The summed E-state index contributed by atoms with van der Waals surface area (Å²) in [5.74, 6) is -9.90. The number of carbonyl (C=O) groups is 2. The Morgan fingerprint density at radius 3 is 1.45 bits per heavy atom. The number of halogens is 10. The molecule has 7 aliphatic rings. The Kier molecular flexibility index (Phi) is 27.5. The maximum absolute atomic E-state index is 12.9. The number of aromatic amines is 2. The number of carboxylic acids is 1. The van der Waals surface area contributed by atoms with Gasteiger partial charge in [-0.25, -0.2) is 75.2 Å². The zero-order chi connectivity index (χ0) is 62.6. The molecular formula is C59H76F10N13NaO6. The summed E-state index contributed by atoms with van der Waals surface area (Å²) in [6.07, 6.45) is 11.0. The number of ketones is 1. The number of aliphatic hydroxyl groups is 1. The Bertz CT molecular complexity index is 3210. The van der Waals surface area contributed by atoms with E-state index in [4.69, 9.17) is 43.4 Å². The van der Waals surface area contributed by atoms with Crippen LogP contribution >= 0.6 is 0 Å². The van der Waals surface area contributed by atoms with Gasteiger partial charge in [0.2, 0.25) is 36.2 Å². The summed E-state index contributed by atoms with van der Waals surface area (Å²) >= 11 is 0. The topological polar surface area (TPSA) is 270 Å². The zero-order valence-corrected chi connectivity index (χ0v) is 50.2. The number of hydrogen-bond donors (Lipinski definition) is 5. The van der Waals surface area contributed by atoms with Crippen molar-refractivity contribution in [2.24, 2.45) is 35.3 Å². The van der Waals surface area contributed by atoms with E-state index in [1.807, 2.05) is 30.2 Å². The molecule has 8 heterocycles. The summed E-state index contributed by atoms with van der Waals surface area (Å²) in [6.45, 7) is 16.1. The van der Waals surface area contributed by atoms with Crippen LogP contribution in [0, 0.1) is 48.0 Å². The normalized spacial score (nSPS) is 19.5. The van der Waals surface area contributed by atoms with Gasteiger partial charge in [0.25, 0.3) is 0 Å². The first-order valence-corrected chi connectivity index (χ1v) is 28.3. The number of rotatable bonds is 13. The first kappa shape index (κ1) is 75.1. The van der Waals surface area contributed by atoms with Gasteiger partial charge >= 0.3 is 35.5 Å². The molecule has 0 spiro atoms. The molecule has 5 fully saturated rings. The number of aromatic nitrogens is 8. The quantitative estimate of drug-likeness (QED) is 0.0311. The number of nitrogens with one attached hydrogen (secondary N) is 2. The van der Waals surface area contributed by atoms with E-state index < -0.39 is 35.6 Å². The molecule has 484 valence electrons. The Morgan fingerprint density at radius 1 is 0.663 bits per heavy atom. The van der Waals surface area contributed by atoms with Crippen LogP contribution in [0.4, 0.5) is 55.5 Å². The SMILES string of the molecule is C.C.CCC1CC(F)(F)C1.NCCC1CC(F)(F)C1.O=C(CCCC1CC(F)(F)C1)c1noc2c1CN(c1ncnc3[nH]ccc13)CC2.O=C(O)c1noc2c1CN(c1ncnc3[nH]ccc13)CC2.OCC1CC(F)(F)C1.[C-]#N.[C-]#[N+]CC1CC(F)(F)C1.[Na+]. The fourth-order valence-electron chi connectivity index (χ4n) is 11.3. The maximum atomic E-state index is 12.9. The molecule has 6 aromatic rings. The molecule has 0 unspecified atom stereocenters. The van der Waals surface area contributed by atoms with Crippen molar-refractivity contribution >= 4 is 45.5 Å². The second-order valence-corrected chi connectivity index (χ2v) is 22.9. The van der Waals surface area contributed by atoms with Crippen LogP contribution in [0.5, 0.6) is 0 Å². The van der Waals surface area contributed by atoms with Crippen molar-refractivity contribution in [2.75, 3.05) is 42.6 Å². The van der Waals surface area contributed by atoms with Crippen molar-refractivity contribution in [3.8, 4) is 0 Å². The number of H-pyrrole nitrogens is 2. The minimum absolute atomic E-state index is 0. The van der Waals surface area contributed by atoms with E-state index >= 15 is 0 Å². The minimum atomic E-state index is -2.50. The predicted molar refractivity (Wildman–Crippen MR) is 305 cm³/mol. The van der Waals surface area contributed by atoms with Crippen LogP contribution < -0.4 is 45.1 Å². The molecule has 0 aromatic carbocycles. The number of hydrogen-bond acceptors (Lipinski definition) is 15. The van der Waals surface area contributed by atoms with Crippen LogP contribution in [0.25, 0.3) is 26.9 Å². The summed E-state index contributed by atoms with van der Waals surface area (Å²) in [5.41, 5.74) is 8.48. The van der Waals surface area contributed by atoms with Crippen LogP contribution in [0.2, 0.25) is 0 Å². The van der Waals surface area contributed by atoms with Gasteiger partial charge in [0.1, 0.15) is 47.1 Å². The van der Waals surface area contributed by atoms with Crippen LogP contribution in [-0.2, 0) is 25.9 Å². The fourth-order valence-corrected chi connectivity index (χ4v) is 11.3. The first-order valence-electron chi connectivity index (χ1n) is 28.3. The van der Waals surface area contributed by atoms with Crippen molar-refractivity contribution in [3.63, 3.8) is 0 Å². The Hall–Kier alpha value is -6.40. The molecular weight excluding hydrogens is 1200 g/mol. The van der Waals surface area contributed by atoms with E-state index in [0.717, 1.165) is 57.9 Å². The van der Waals surface area contributed by atoms with Crippen molar-refractivity contribution in [1.29, 1.82) is 5.26 Å². The predicted octanol–water partition coefficient (Wildman–Crippen LogP) is 10.3. The summed E-state index contributed by atoms with van der Waals surface area (Å²) in [7, 11) is 0. The molecule has 6 N–H and O–H groups in total. The number of carboxylic acid groups (broad SMARTS) is 1. The Balaban J connectivity index is 0.000000246. The molecule has 6 aromatic heterocycles. The van der Waals surface area contributed by atoms with Crippen molar-refractivity contribution in [1.82, 2.24) is 40.2 Å². The summed E-state index contributed by atoms with van der Waals surface area (Å²) in [5, 5.41) is 33.2. The number of carbonyl (C=O) groups excluding carboxylic acids is 1. The largest absolute Gasteiger partial charge is 1.00 e. The standard InChI is InChI=1S/C20H21F2N5O2.C13H11N5O3.C6H7F2N.C6H11F2N.C6H10F2.C5H8F2O.CN.2CH4.Na/c21-20(22)8-12(9-20)2-1-3-15(28)17-14-10-27(7-5-16(14)29-26-17)19-13-4-6-23-18(13)24-11-25-19;19-13(20)10-8-5-18(4-2-9(8)21-17-10)12-7-1-3-14-11(7)15-6-16-12;1-9-4-5-2-6(7,8)3-5;7-6(8)3-5(4-6)1-2-9;1-2-5-3-6(7,8)4-5;6-5(7)1-4(2-5)3-8;1-2;;;/h4,6,11-12H,1-3,5,7-10H2,(H,23,24,25);1,3,6H,2,4-5H2,(H,19,20)(H,14,15,16);5H,2-4H2;5H,1-4,9H2;5H,2-4H2,1H3;4,8H,1-3H2;;2*1H4;/q;;;;;;-1;;;+1. The Labute approximate surface area is 531 Å². The van der Waals surface area contributed by atoms with Gasteiger partial charge in [-0.1, -0.05) is 38.5 Å². The van der Waals surface area contributed by atoms with Gasteiger partial charge in [-0.05, 0) is 61.6 Å². The summed E-state index contributed by atoms with van der Waals surface area (Å²) < 4.78 is 132. The average Bonchev–Trinajstić information content (AvgIpc) is 2.31. The number of Topliss-reactive ketones (excluding diaryl/α,β-unsaturated/α-hetero) is 1. The van der Waals surface area contributed by atoms with Crippen LogP contribution in [0.3, 0.4) is 0 Å². The molecule has 19 nitrogen and oxygen atoms in total. The monoisotopic (exact) mass is 1280 g/mol. The van der Waals surface area contributed by atoms with Crippen LogP contribution in [-0.4, -0.2) is 125 Å².